The van der Waals surface area contributed by atoms with E-state index in [-0.39, 0.29) is 6.54 Å². The van der Waals surface area contributed by atoms with Crippen LogP contribution in [0.2, 0.25) is 0 Å². The van der Waals surface area contributed by atoms with Gasteiger partial charge in [0.25, 0.3) is 0 Å². The molecule has 1 N–H and O–H groups in total. The predicted molar refractivity (Wildman–Crippen MR) is 64.5 cm³/mol. The number of nitrogens with one attached hydrogen (secondary N) is 1. The Kier molecular flexibility index (Phi) is 4.44. The molecule has 0 heterocycles. The molecule has 0 radical (unpaired) electrons. The highest BCUT2D eigenvalue weighted by Gasteiger charge is 2.29. The molecule has 1 rings (SSSR count). The number of alkyl halides is 3. The van der Waals surface area contributed by atoms with Gasteiger partial charge in [-0.1, -0.05) is 12.1 Å². The third-order valence-electron chi connectivity index (χ3n) is 2.12. The molecular weight excluding hydrogens is 259 g/mol. The second kappa shape index (κ2) is 5.50. The largest absolute Gasteiger partial charge is 0.444 e. The molecule has 0 fully saturated rings. The van der Waals surface area contributed by atoms with Gasteiger partial charge in [0.2, 0.25) is 0 Å². The summed E-state index contributed by atoms with van der Waals surface area (Å²) in [6, 6.07) is 4.60. The van der Waals surface area contributed by atoms with Crippen molar-refractivity contribution >= 4 is 6.09 Å². The molecule has 0 aliphatic rings. The minimum absolute atomic E-state index is 0.118. The van der Waals surface area contributed by atoms with Crippen LogP contribution in [0.1, 0.15) is 31.9 Å². The van der Waals surface area contributed by atoms with Crippen molar-refractivity contribution in [2.45, 2.75) is 39.1 Å². The van der Waals surface area contributed by atoms with Gasteiger partial charge in [-0.3, -0.25) is 0 Å². The molecule has 0 unspecified atom stereocenters. The number of amides is 1. The van der Waals surface area contributed by atoms with Crippen LogP contribution in [0.3, 0.4) is 0 Å². The van der Waals surface area contributed by atoms with Crippen molar-refractivity contribution in [3.8, 4) is 0 Å². The van der Waals surface area contributed by atoms with Gasteiger partial charge in [0.1, 0.15) is 5.60 Å². The van der Waals surface area contributed by atoms with Crippen LogP contribution in [0.5, 0.6) is 0 Å². The molecule has 0 aliphatic carbocycles. The van der Waals surface area contributed by atoms with Crippen molar-refractivity contribution in [1.82, 2.24) is 5.32 Å². The van der Waals surface area contributed by atoms with Crippen molar-refractivity contribution < 1.29 is 22.7 Å². The van der Waals surface area contributed by atoms with Crippen molar-refractivity contribution in [2.75, 3.05) is 0 Å². The number of carbonyl (C=O) groups is 1. The van der Waals surface area contributed by atoms with Crippen LogP contribution in [0.15, 0.2) is 24.3 Å². The Labute approximate surface area is 109 Å². The van der Waals surface area contributed by atoms with Gasteiger partial charge in [0, 0.05) is 6.54 Å². The lowest BCUT2D eigenvalue weighted by molar-refractivity contribution is -0.137. The minimum Gasteiger partial charge on any atom is -0.444 e. The van der Waals surface area contributed by atoms with E-state index < -0.39 is 23.4 Å². The van der Waals surface area contributed by atoms with Gasteiger partial charge in [-0.25, -0.2) is 4.79 Å². The fraction of sp³-hybridized carbons (Fsp3) is 0.462. The number of rotatable bonds is 2. The molecule has 0 aromatic heterocycles. The number of halogens is 3. The molecule has 6 heteroatoms. The molecule has 106 valence electrons. The second-order valence-electron chi connectivity index (χ2n) is 5.05. The molecule has 0 spiro atoms. The van der Waals surface area contributed by atoms with E-state index in [4.69, 9.17) is 4.74 Å². The average Bonchev–Trinajstić information content (AvgIpc) is 2.23. The molecule has 1 amide bonds. The van der Waals surface area contributed by atoms with Crippen LogP contribution in [0.4, 0.5) is 18.0 Å². The van der Waals surface area contributed by atoms with E-state index in [1.165, 1.54) is 12.1 Å². The first kappa shape index (κ1) is 15.3. The molecule has 0 saturated carbocycles. The summed E-state index contributed by atoms with van der Waals surface area (Å²) < 4.78 is 42.0. The van der Waals surface area contributed by atoms with Gasteiger partial charge in [0.15, 0.2) is 0 Å². The quantitative estimate of drug-likeness (QED) is 0.893. The normalized spacial score (nSPS) is 12.1. The molecule has 1 aromatic rings. The zero-order valence-electron chi connectivity index (χ0n) is 11.0. The Bertz CT molecular complexity index is 433. The number of hydrogen-bond donors (Lipinski definition) is 1. The summed E-state index contributed by atoms with van der Waals surface area (Å²) in [5.74, 6) is 0. The SMILES string of the molecule is CC(C)(C)OC(=O)NCc1ccc(C(F)(F)F)cc1. The number of benzene rings is 1. The third kappa shape index (κ3) is 5.63. The first-order valence-electron chi connectivity index (χ1n) is 5.71. The van der Waals surface area contributed by atoms with Crippen molar-refractivity contribution in [3.05, 3.63) is 35.4 Å². The molecule has 19 heavy (non-hydrogen) atoms. The number of hydrogen-bond acceptors (Lipinski definition) is 2. The van der Waals surface area contributed by atoms with Crippen LogP contribution >= 0.6 is 0 Å². The van der Waals surface area contributed by atoms with E-state index in [1.807, 2.05) is 0 Å². The molecule has 0 bridgehead atoms. The van der Waals surface area contributed by atoms with E-state index in [0.717, 1.165) is 12.1 Å². The average molecular weight is 275 g/mol. The Morgan fingerprint density at radius 3 is 2.11 bits per heavy atom. The minimum atomic E-state index is -4.35. The van der Waals surface area contributed by atoms with E-state index in [0.29, 0.717) is 5.56 Å². The van der Waals surface area contributed by atoms with Gasteiger partial charge in [-0.05, 0) is 38.5 Å². The molecule has 0 saturated heterocycles. The summed E-state index contributed by atoms with van der Waals surface area (Å²) in [5.41, 5.74) is -0.753. The van der Waals surface area contributed by atoms with Crippen LogP contribution < -0.4 is 5.32 Å². The number of ether oxygens (including phenoxy) is 1. The van der Waals surface area contributed by atoms with E-state index in [1.54, 1.807) is 20.8 Å². The summed E-state index contributed by atoms with van der Waals surface area (Å²) in [6.07, 6.45) is -4.95. The molecular formula is C13H16F3NO2. The van der Waals surface area contributed by atoms with E-state index in [9.17, 15) is 18.0 Å². The molecule has 1 aromatic carbocycles. The standard InChI is InChI=1S/C13H16F3NO2/c1-12(2,3)19-11(18)17-8-9-4-6-10(7-5-9)13(14,15)16/h4-7H,8H2,1-3H3,(H,17,18). The molecule has 0 atom stereocenters. The van der Waals surface area contributed by atoms with Crippen molar-refractivity contribution in [3.63, 3.8) is 0 Å². The summed E-state index contributed by atoms with van der Waals surface area (Å²) in [6.45, 7) is 5.30. The fourth-order valence-corrected chi connectivity index (χ4v) is 1.30. The van der Waals surface area contributed by atoms with Crippen LogP contribution in [0.25, 0.3) is 0 Å². The maximum atomic E-state index is 12.3. The highest BCUT2D eigenvalue weighted by molar-refractivity contribution is 5.67. The second-order valence-corrected chi connectivity index (χ2v) is 5.05. The fourth-order valence-electron chi connectivity index (χ4n) is 1.30. The maximum absolute atomic E-state index is 12.3. The predicted octanol–water partition coefficient (Wildman–Crippen LogP) is 3.73. The van der Waals surface area contributed by atoms with Crippen LogP contribution in [0, 0.1) is 0 Å². The van der Waals surface area contributed by atoms with Gasteiger partial charge >= 0.3 is 12.3 Å². The third-order valence-corrected chi connectivity index (χ3v) is 2.12. The zero-order chi connectivity index (χ0) is 14.7. The highest BCUT2D eigenvalue weighted by atomic mass is 19.4. The zero-order valence-corrected chi connectivity index (χ0v) is 11.0. The highest BCUT2D eigenvalue weighted by Crippen LogP contribution is 2.29. The first-order chi connectivity index (χ1) is 8.58. The van der Waals surface area contributed by atoms with Crippen LogP contribution in [-0.4, -0.2) is 11.7 Å². The Balaban J connectivity index is 2.53. The summed E-state index contributed by atoms with van der Waals surface area (Å²) >= 11 is 0. The Morgan fingerprint density at radius 1 is 1.16 bits per heavy atom. The topological polar surface area (TPSA) is 38.3 Å². The van der Waals surface area contributed by atoms with Gasteiger partial charge in [-0.2, -0.15) is 13.2 Å². The van der Waals surface area contributed by atoms with Gasteiger partial charge < -0.3 is 10.1 Å². The number of carbonyl (C=O) groups excluding carboxylic acids is 1. The molecule has 3 nitrogen and oxygen atoms in total. The lowest BCUT2D eigenvalue weighted by atomic mass is 10.1. The lowest BCUT2D eigenvalue weighted by Gasteiger charge is -2.19. The lowest BCUT2D eigenvalue weighted by Crippen LogP contribution is -2.32. The summed E-state index contributed by atoms with van der Waals surface area (Å²) in [4.78, 5) is 11.3. The monoisotopic (exact) mass is 275 g/mol. The smallest absolute Gasteiger partial charge is 0.416 e. The van der Waals surface area contributed by atoms with E-state index in [2.05, 4.69) is 5.32 Å². The summed E-state index contributed by atoms with van der Waals surface area (Å²) in [7, 11) is 0. The first-order valence-corrected chi connectivity index (χ1v) is 5.71. The van der Waals surface area contributed by atoms with E-state index >= 15 is 0 Å². The Hall–Kier alpha value is -1.72. The van der Waals surface area contributed by atoms with Gasteiger partial charge in [0.05, 0.1) is 5.56 Å². The maximum Gasteiger partial charge on any atom is 0.416 e. The van der Waals surface area contributed by atoms with Crippen LogP contribution in [-0.2, 0) is 17.5 Å². The number of alkyl carbamates (subject to hydrolysis) is 1. The van der Waals surface area contributed by atoms with Crippen molar-refractivity contribution in [2.24, 2.45) is 0 Å². The van der Waals surface area contributed by atoms with Gasteiger partial charge in [-0.15, -0.1) is 0 Å². The van der Waals surface area contributed by atoms with Crippen molar-refractivity contribution in [1.29, 1.82) is 0 Å². The Morgan fingerprint density at radius 2 is 1.68 bits per heavy atom. The summed E-state index contributed by atoms with van der Waals surface area (Å²) in [5, 5.41) is 2.47. The molecule has 0 aliphatic heterocycles.